The van der Waals surface area contributed by atoms with Crippen LogP contribution in [0.3, 0.4) is 0 Å². The average Bonchev–Trinajstić information content (AvgIpc) is 3.21. The summed E-state index contributed by atoms with van der Waals surface area (Å²) < 4.78 is 28.9. The smallest absolute Gasteiger partial charge is 0.204 e. The Morgan fingerprint density at radius 2 is 1.71 bits per heavy atom. The second-order valence-corrected chi connectivity index (χ2v) is 9.25. The van der Waals surface area contributed by atoms with Gasteiger partial charge in [0.2, 0.25) is 5.95 Å². The molecule has 1 aliphatic rings. The number of methoxy groups -OCH3 is 1. The molecule has 1 aromatic heterocycles. The minimum atomic E-state index is -2.41. The molecule has 3 aromatic carbocycles. The summed E-state index contributed by atoms with van der Waals surface area (Å²) in [5.41, 5.74) is 5.89. The van der Waals surface area contributed by atoms with Gasteiger partial charge in [-0.25, -0.2) is 4.98 Å². The summed E-state index contributed by atoms with van der Waals surface area (Å²) >= 11 is 0. The van der Waals surface area contributed by atoms with E-state index in [9.17, 15) is 0 Å². The van der Waals surface area contributed by atoms with E-state index in [4.69, 9.17) is 13.8 Å². The SMILES string of the molecule is [3H]C([3H])([3H])Oc1ccc(CCN2CCC(Nc3nc4ccccc4n3Cc3ccc(C)cc3)CC2)cc1. The topological polar surface area (TPSA) is 42.3 Å². The zero-order chi connectivity index (χ0) is 25.8. The molecule has 0 aliphatic carbocycles. The lowest BCUT2D eigenvalue weighted by Gasteiger charge is -2.32. The van der Waals surface area contributed by atoms with Crippen LogP contribution in [0.4, 0.5) is 5.95 Å². The van der Waals surface area contributed by atoms with Gasteiger partial charge in [-0.3, -0.25) is 0 Å². The Bertz CT molecular complexity index is 1310. The van der Waals surface area contributed by atoms with Crippen molar-refractivity contribution in [1.29, 1.82) is 0 Å². The molecule has 0 atom stereocenters. The molecule has 1 aliphatic heterocycles. The Labute approximate surface area is 206 Å². The Balaban J connectivity index is 1.17. The second-order valence-electron chi connectivity index (χ2n) is 9.25. The van der Waals surface area contributed by atoms with Crippen LogP contribution < -0.4 is 10.1 Å². The van der Waals surface area contributed by atoms with E-state index in [0.717, 1.165) is 62.4 Å². The van der Waals surface area contributed by atoms with Crippen LogP contribution in [0, 0.1) is 6.92 Å². The van der Waals surface area contributed by atoms with Crippen molar-refractivity contribution in [3.63, 3.8) is 0 Å². The largest absolute Gasteiger partial charge is 0.497 e. The fourth-order valence-corrected chi connectivity index (χ4v) is 4.72. The molecule has 1 N–H and O–H groups in total. The lowest BCUT2D eigenvalue weighted by molar-refractivity contribution is 0.221. The summed E-state index contributed by atoms with van der Waals surface area (Å²) in [6.07, 6.45) is 3.07. The molecule has 5 heteroatoms. The molecule has 0 spiro atoms. The molecule has 0 radical (unpaired) electrons. The molecule has 5 rings (SSSR count). The van der Waals surface area contributed by atoms with Gasteiger partial charge in [0.1, 0.15) is 5.75 Å². The number of imidazole rings is 1. The highest BCUT2D eigenvalue weighted by Crippen LogP contribution is 2.24. The first-order valence-corrected chi connectivity index (χ1v) is 12.1. The summed E-state index contributed by atoms with van der Waals surface area (Å²) in [7, 11) is -2.41. The lowest BCUT2D eigenvalue weighted by Crippen LogP contribution is -2.40. The van der Waals surface area contributed by atoms with E-state index in [1.807, 2.05) is 18.2 Å². The van der Waals surface area contributed by atoms with Gasteiger partial charge < -0.3 is 19.5 Å². The highest BCUT2D eigenvalue weighted by atomic mass is 16.5. The number of rotatable bonds is 8. The van der Waals surface area contributed by atoms with Gasteiger partial charge in [-0.2, -0.15) is 0 Å². The maximum Gasteiger partial charge on any atom is 0.204 e. The van der Waals surface area contributed by atoms with Crippen molar-refractivity contribution in [2.24, 2.45) is 0 Å². The van der Waals surface area contributed by atoms with E-state index in [-0.39, 0.29) is 0 Å². The van der Waals surface area contributed by atoms with Crippen LogP contribution in [0.2, 0.25) is 0 Å². The number of nitrogens with zero attached hydrogens (tertiary/aromatic N) is 3. The molecule has 0 unspecified atom stereocenters. The number of ether oxygens (including phenoxy) is 1. The van der Waals surface area contributed by atoms with Crippen molar-refractivity contribution >= 4 is 17.0 Å². The summed E-state index contributed by atoms with van der Waals surface area (Å²) in [4.78, 5) is 7.44. The number of aromatic nitrogens is 2. The minimum absolute atomic E-state index is 0.379. The summed E-state index contributed by atoms with van der Waals surface area (Å²) in [5, 5.41) is 3.76. The fourth-order valence-electron chi connectivity index (χ4n) is 4.72. The number of nitrogens with one attached hydrogen (secondary N) is 1. The van der Waals surface area contributed by atoms with Crippen LogP contribution in [0.5, 0.6) is 5.75 Å². The number of anilines is 1. The normalized spacial score (nSPS) is 16.7. The van der Waals surface area contributed by atoms with E-state index in [2.05, 4.69) is 64.2 Å². The van der Waals surface area contributed by atoms with Crippen molar-refractivity contribution < 1.29 is 8.85 Å². The molecule has 0 amide bonds. The number of benzene rings is 3. The van der Waals surface area contributed by atoms with Crippen LogP contribution >= 0.6 is 0 Å². The molecule has 1 fully saturated rings. The average molecular weight is 461 g/mol. The van der Waals surface area contributed by atoms with Crippen LogP contribution in [0.15, 0.2) is 72.8 Å². The predicted octanol–water partition coefficient (Wildman–Crippen LogP) is 5.52. The maximum absolute atomic E-state index is 7.22. The zero-order valence-corrected chi connectivity index (χ0v) is 19.7. The Hall–Kier alpha value is -3.31. The monoisotopic (exact) mass is 460 g/mol. The van der Waals surface area contributed by atoms with E-state index in [1.165, 1.54) is 16.7 Å². The number of aryl methyl sites for hydroxylation is 1. The van der Waals surface area contributed by atoms with E-state index in [0.29, 0.717) is 11.8 Å². The number of piperidine rings is 1. The van der Waals surface area contributed by atoms with E-state index in [1.54, 1.807) is 12.1 Å². The van der Waals surface area contributed by atoms with Gasteiger partial charge in [-0.05, 0) is 61.6 Å². The molecular weight excluding hydrogens is 420 g/mol. The molecule has 4 aromatic rings. The second kappa shape index (κ2) is 10.3. The number of hydrogen-bond donors (Lipinski definition) is 1. The van der Waals surface area contributed by atoms with Gasteiger partial charge in [-0.1, -0.05) is 54.1 Å². The molecular formula is C29H34N4O. The Morgan fingerprint density at radius 3 is 2.47 bits per heavy atom. The Kier molecular flexibility index (Phi) is 5.77. The fraction of sp³-hybridized carbons (Fsp3) is 0.345. The van der Waals surface area contributed by atoms with Crippen LogP contribution in [0.25, 0.3) is 11.0 Å². The molecule has 34 heavy (non-hydrogen) atoms. The van der Waals surface area contributed by atoms with Crippen molar-refractivity contribution in [2.45, 2.75) is 38.8 Å². The third kappa shape index (κ3) is 5.26. The third-order valence-electron chi connectivity index (χ3n) is 6.79. The molecule has 0 bridgehead atoms. The maximum atomic E-state index is 7.22. The van der Waals surface area contributed by atoms with Gasteiger partial charge in [-0.15, -0.1) is 0 Å². The molecule has 0 saturated carbocycles. The number of likely N-dealkylation sites (tertiary alicyclic amines) is 1. The summed E-state index contributed by atoms with van der Waals surface area (Å²) in [5.74, 6) is 1.32. The van der Waals surface area contributed by atoms with Gasteiger partial charge >= 0.3 is 0 Å². The summed E-state index contributed by atoms with van der Waals surface area (Å²) in [6, 6.07) is 24.8. The van der Waals surface area contributed by atoms with E-state index >= 15 is 0 Å². The molecule has 176 valence electrons. The van der Waals surface area contributed by atoms with Gasteiger partial charge in [0.05, 0.1) is 28.7 Å². The summed E-state index contributed by atoms with van der Waals surface area (Å²) in [6.45, 7) is 5.96. The van der Waals surface area contributed by atoms with Crippen molar-refractivity contribution in [3.05, 3.63) is 89.5 Å². The van der Waals surface area contributed by atoms with Gasteiger partial charge in [0.15, 0.2) is 0 Å². The molecule has 1 saturated heterocycles. The van der Waals surface area contributed by atoms with Gasteiger partial charge in [0.25, 0.3) is 0 Å². The molecule has 2 heterocycles. The molecule has 5 nitrogen and oxygen atoms in total. The first-order valence-electron chi connectivity index (χ1n) is 13.6. The number of para-hydroxylation sites is 2. The predicted molar refractivity (Wildman–Crippen MR) is 140 cm³/mol. The third-order valence-corrected chi connectivity index (χ3v) is 6.79. The van der Waals surface area contributed by atoms with Crippen molar-refractivity contribution in [3.8, 4) is 5.75 Å². The van der Waals surface area contributed by atoms with Crippen LogP contribution in [0.1, 0.15) is 33.6 Å². The zero-order valence-electron chi connectivity index (χ0n) is 22.7. The van der Waals surface area contributed by atoms with Gasteiger partial charge in [0, 0.05) is 25.7 Å². The number of hydrogen-bond acceptors (Lipinski definition) is 4. The van der Waals surface area contributed by atoms with Crippen LogP contribution in [-0.4, -0.2) is 47.2 Å². The standard InChI is InChI=1S/C29H34N4O/c1-22-7-9-24(10-8-22)21-33-28-6-4-3-5-27(28)31-29(33)30-25-16-19-32(20-17-25)18-15-23-11-13-26(34-2)14-12-23/h3-14,25H,15-21H2,1-2H3,(H,30,31)/i2T3. The van der Waals surface area contributed by atoms with E-state index < -0.39 is 7.04 Å². The first kappa shape index (κ1) is 19.0. The van der Waals surface area contributed by atoms with Crippen molar-refractivity contribution in [2.75, 3.05) is 32.0 Å². The number of fused-ring (bicyclic) bond motifs is 1. The quantitative estimate of drug-likeness (QED) is 0.376. The lowest BCUT2D eigenvalue weighted by atomic mass is 10.0. The Morgan fingerprint density at radius 1 is 0.971 bits per heavy atom. The van der Waals surface area contributed by atoms with Crippen molar-refractivity contribution in [1.82, 2.24) is 14.5 Å². The highest BCUT2D eigenvalue weighted by molar-refractivity contribution is 5.78. The minimum Gasteiger partial charge on any atom is -0.497 e. The first-order chi connectivity index (χ1) is 17.8. The van der Waals surface area contributed by atoms with Crippen LogP contribution in [-0.2, 0) is 13.0 Å². The highest BCUT2D eigenvalue weighted by Gasteiger charge is 2.21.